The Morgan fingerprint density at radius 3 is 2.85 bits per heavy atom. The number of carbonyl (C=O) groups is 1. The number of hydrogen-bond acceptors (Lipinski definition) is 4. The van der Waals surface area contributed by atoms with Gasteiger partial charge in [0.15, 0.2) is 0 Å². The van der Waals surface area contributed by atoms with E-state index in [0.717, 1.165) is 30.4 Å². The average molecular weight is 367 g/mol. The number of aromatic nitrogens is 1. The molecular formula is C21H29N5O. The molecule has 2 aromatic rings. The fourth-order valence-corrected chi connectivity index (χ4v) is 3.68. The van der Waals surface area contributed by atoms with Gasteiger partial charge in [-0.05, 0) is 69.3 Å². The summed E-state index contributed by atoms with van der Waals surface area (Å²) in [6, 6.07) is 7.89. The molecule has 3 unspecified atom stereocenters. The number of carbonyl (C=O) groups excluding carboxylic acids is 1. The van der Waals surface area contributed by atoms with Crippen LogP contribution in [0, 0.1) is 17.2 Å². The van der Waals surface area contributed by atoms with Gasteiger partial charge in [-0.3, -0.25) is 9.80 Å². The molecule has 144 valence electrons. The van der Waals surface area contributed by atoms with E-state index in [-0.39, 0.29) is 18.0 Å². The normalized spacial score (nSPS) is 19.9. The Labute approximate surface area is 160 Å². The molecule has 1 saturated carbocycles. The molecule has 6 heteroatoms. The Kier molecular flexibility index (Phi) is 5.83. The number of nitrogens with one attached hydrogen (secondary N) is 3. The zero-order valence-electron chi connectivity index (χ0n) is 16.5. The standard InChI is InChI=1S/C21H29N5O/c1-5-25-26(13(2)3)21(27)14(4)23-11-16-9-17(16)19-12-24-20-7-6-15(10-22)8-18(19)20/h6-8,12-14,16-17,23-25H,5,9,11H2,1-4H3. The van der Waals surface area contributed by atoms with Crippen molar-refractivity contribution in [1.82, 2.24) is 20.7 Å². The SMILES string of the molecule is CCNN(C(=O)C(C)NCC1CC1c1c[nH]c2ccc(C#N)cc12)C(C)C. The van der Waals surface area contributed by atoms with Gasteiger partial charge in [0.05, 0.1) is 17.7 Å². The predicted octanol–water partition coefficient (Wildman–Crippen LogP) is 2.88. The number of hydrogen-bond donors (Lipinski definition) is 3. The van der Waals surface area contributed by atoms with E-state index in [2.05, 4.69) is 28.0 Å². The van der Waals surface area contributed by atoms with Crippen LogP contribution in [0.15, 0.2) is 24.4 Å². The molecule has 3 rings (SSSR count). The minimum absolute atomic E-state index is 0.0785. The van der Waals surface area contributed by atoms with Crippen LogP contribution in [0.25, 0.3) is 10.9 Å². The van der Waals surface area contributed by atoms with Gasteiger partial charge in [-0.25, -0.2) is 5.43 Å². The Morgan fingerprint density at radius 2 is 2.19 bits per heavy atom. The monoisotopic (exact) mass is 367 g/mol. The van der Waals surface area contributed by atoms with Crippen LogP contribution in [0.2, 0.25) is 0 Å². The highest BCUT2D eigenvalue weighted by Crippen LogP contribution is 2.49. The van der Waals surface area contributed by atoms with Crippen molar-refractivity contribution in [1.29, 1.82) is 5.26 Å². The van der Waals surface area contributed by atoms with Gasteiger partial charge in [-0.2, -0.15) is 5.26 Å². The lowest BCUT2D eigenvalue weighted by atomic mass is 10.1. The summed E-state index contributed by atoms with van der Waals surface area (Å²) in [4.78, 5) is 15.9. The van der Waals surface area contributed by atoms with Crippen LogP contribution >= 0.6 is 0 Å². The summed E-state index contributed by atoms with van der Waals surface area (Å²) in [5, 5.41) is 15.4. The van der Waals surface area contributed by atoms with Crippen LogP contribution in [-0.4, -0.2) is 41.1 Å². The van der Waals surface area contributed by atoms with Crippen molar-refractivity contribution >= 4 is 16.8 Å². The van der Waals surface area contributed by atoms with Gasteiger partial charge >= 0.3 is 0 Å². The smallest absolute Gasteiger partial charge is 0.253 e. The third-order valence-corrected chi connectivity index (χ3v) is 5.30. The molecule has 1 amide bonds. The van der Waals surface area contributed by atoms with Gasteiger partial charge in [0, 0.05) is 29.7 Å². The van der Waals surface area contributed by atoms with E-state index in [4.69, 9.17) is 5.26 Å². The number of nitrogens with zero attached hydrogens (tertiary/aromatic N) is 2. The summed E-state index contributed by atoms with van der Waals surface area (Å²) >= 11 is 0. The van der Waals surface area contributed by atoms with E-state index >= 15 is 0 Å². The number of fused-ring (bicyclic) bond motifs is 1. The highest BCUT2D eigenvalue weighted by molar-refractivity contribution is 5.85. The van der Waals surface area contributed by atoms with Crippen molar-refractivity contribution < 1.29 is 4.79 Å². The first-order valence-corrected chi connectivity index (χ1v) is 9.77. The molecule has 0 bridgehead atoms. The number of H-pyrrole nitrogens is 1. The molecule has 1 aliphatic rings. The van der Waals surface area contributed by atoms with Crippen molar-refractivity contribution in [3.63, 3.8) is 0 Å². The third kappa shape index (κ3) is 4.15. The van der Waals surface area contributed by atoms with Crippen molar-refractivity contribution in [3.8, 4) is 6.07 Å². The molecule has 0 radical (unpaired) electrons. The lowest BCUT2D eigenvalue weighted by Gasteiger charge is -2.29. The Morgan fingerprint density at radius 1 is 1.41 bits per heavy atom. The molecule has 1 aromatic carbocycles. The van der Waals surface area contributed by atoms with Crippen molar-refractivity contribution in [3.05, 3.63) is 35.5 Å². The summed E-state index contributed by atoms with van der Waals surface area (Å²) in [5.74, 6) is 1.09. The number of rotatable bonds is 8. The van der Waals surface area contributed by atoms with E-state index in [1.165, 1.54) is 5.56 Å². The first-order valence-electron chi connectivity index (χ1n) is 9.77. The molecule has 0 aliphatic heterocycles. The number of aromatic amines is 1. The quantitative estimate of drug-likeness (QED) is 0.627. The van der Waals surface area contributed by atoms with Gasteiger partial charge in [0.2, 0.25) is 0 Å². The van der Waals surface area contributed by atoms with Crippen molar-refractivity contribution in [2.24, 2.45) is 5.92 Å². The van der Waals surface area contributed by atoms with Crippen molar-refractivity contribution in [2.75, 3.05) is 13.1 Å². The third-order valence-electron chi connectivity index (χ3n) is 5.30. The molecule has 3 N–H and O–H groups in total. The molecule has 1 aliphatic carbocycles. The van der Waals surface area contributed by atoms with Crippen LogP contribution < -0.4 is 10.7 Å². The molecule has 1 heterocycles. The Hall–Kier alpha value is -2.36. The Bertz CT molecular complexity index is 850. The topological polar surface area (TPSA) is 84.0 Å². The maximum atomic E-state index is 12.6. The highest BCUT2D eigenvalue weighted by Gasteiger charge is 2.40. The molecule has 3 atom stereocenters. The summed E-state index contributed by atoms with van der Waals surface area (Å²) < 4.78 is 0. The summed E-state index contributed by atoms with van der Waals surface area (Å²) in [7, 11) is 0. The first kappa shape index (κ1) is 19.4. The van der Waals surface area contributed by atoms with Gasteiger partial charge in [-0.15, -0.1) is 0 Å². The molecule has 0 saturated heterocycles. The highest BCUT2D eigenvalue weighted by atomic mass is 16.2. The van der Waals surface area contributed by atoms with E-state index in [1.54, 1.807) is 5.01 Å². The zero-order valence-corrected chi connectivity index (χ0v) is 16.5. The largest absolute Gasteiger partial charge is 0.361 e. The lowest BCUT2D eigenvalue weighted by molar-refractivity contribution is -0.138. The lowest BCUT2D eigenvalue weighted by Crippen LogP contribution is -2.54. The number of hydrazine groups is 1. The molecular weight excluding hydrogens is 338 g/mol. The van der Waals surface area contributed by atoms with E-state index < -0.39 is 0 Å². The van der Waals surface area contributed by atoms with Gasteiger partial charge < -0.3 is 10.3 Å². The molecule has 0 spiro atoms. The van der Waals surface area contributed by atoms with Gasteiger partial charge in [0.25, 0.3) is 5.91 Å². The van der Waals surface area contributed by atoms with Gasteiger partial charge in [-0.1, -0.05) is 6.92 Å². The second-order valence-electron chi connectivity index (χ2n) is 7.66. The maximum Gasteiger partial charge on any atom is 0.253 e. The summed E-state index contributed by atoms with van der Waals surface area (Å²) in [5.41, 5.74) is 6.19. The zero-order chi connectivity index (χ0) is 19.6. The van der Waals surface area contributed by atoms with Crippen LogP contribution in [0.4, 0.5) is 0 Å². The fourth-order valence-electron chi connectivity index (χ4n) is 3.68. The van der Waals surface area contributed by atoms with Crippen LogP contribution in [0.3, 0.4) is 0 Å². The van der Waals surface area contributed by atoms with E-state index in [0.29, 0.717) is 17.4 Å². The summed E-state index contributed by atoms with van der Waals surface area (Å²) in [6.07, 6.45) is 3.18. The minimum atomic E-state index is -0.221. The predicted molar refractivity (Wildman–Crippen MR) is 107 cm³/mol. The maximum absolute atomic E-state index is 12.6. The van der Waals surface area contributed by atoms with Crippen molar-refractivity contribution in [2.45, 2.75) is 52.1 Å². The van der Waals surface area contributed by atoms with E-state index in [1.807, 2.05) is 45.9 Å². The fraction of sp³-hybridized carbons (Fsp3) is 0.524. The van der Waals surface area contributed by atoms with Crippen LogP contribution in [0.5, 0.6) is 0 Å². The number of amides is 1. The minimum Gasteiger partial charge on any atom is -0.361 e. The second-order valence-corrected chi connectivity index (χ2v) is 7.66. The molecule has 27 heavy (non-hydrogen) atoms. The summed E-state index contributed by atoms with van der Waals surface area (Å²) in [6.45, 7) is 9.49. The second kappa shape index (κ2) is 8.12. The number of nitriles is 1. The average Bonchev–Trinajstić information content (AvgIpc) is 3.31. The Balaban J connectivity index is 1.59. The molecule has 1 aromatic heterocycles. The van der Waals surface area contributed by atoms with E-state index in [9.17, 15) is 4.79 Å². The van der Waals surface area contributed by atoms with Crippen LogP contribution in [-0.2, 0) is 4.79 Å². The number of benzene rings is 1. The van der Waals surface area contributed by atoms with Crippen LogP contribution in [0.1, 0.15) is 51.2 Å². The first-order chi connectivity index (χ1) is 13.0. The molecule has 6 nitrogen and oxygen atoms in total. The molecule has 1 fully saturated rings. The van der Waals surface area contributed by atoms with Gasteiger partial charge in [0.1, 0.15) is 0 Å².